The third kappa shape index (κ3) is 13.3. The highest BCUT2D eigenvalue weighted by Crippen LogP contribution is 1.96. The standard InChI is InChI=1S/C7H14O.C6H12O/c1-3-5-6-7(8)4-2;1-4-6(7)5(2)3/h3-6H2,1-2H3;5H,4H2,1-3H3. The predicted octanol–water partition coefficient (Wildman–Crippen LogP) is 3.78. The molecule has 0 saturated carbocycles. The molecule has 15 heavy (non-hydrogen) atoms. The molecule has 0 aromatic rings. The van der Waals surface area contributed by atoms with Crippen molar-refractivity contribution in [1.29, 1.82) is 0 Å². The fraction of sp³-hybridized carbons (Fsp3) is 0.846. The van der Waals surface area contributed by atoms with E-state index in [2.05, 4.69) is 6.92 Å². The summed E-state index contributed by atoms with van der Waals surface area (Å²) in [6.45, 7) is 9.75. The Bertz CT molecular complexity index is 171. The van der Waals surface area contributed by atoms with Gasteiger partial charge in [0.15, 0.2) is 0 Å². The molecule has 0 aromatic heterocycles. The summed E-state index contributed by atoms with van der Waals surface area (Å²) in [5, 5.41) is 0. The van der Waals surface area contributed by atoms with Gasteiger partial charge in [-0.05, 0) is 6.42 Å². The van der Waals surface area contributed by atoms with Crippen molar-refractivity contribution in [2.24, 2.45) is 5.92 Å². The number of hydrogen-bond donors (Lipinski definition) is 0. The van der Waals surface area contributed by atoms with Gasteiger partial charge in [-0.1, -0.05) is 41.0 Å². The first kappa shape index (κ1) is 16.8. The van der Waals surface area contributed by atoms with Crippen LogP contribution in [0.15, 0.2) is 0 Å². The zero-order valence-corrected chi connectivity index (χ0v) is 10.9. The first-order valence-corrected chi connectivity index (χ1v) is 6.03. The molecule has 0 atom stereocenters. The fourth-order valence-electron chi connectivity index (χ4n) is 0.959. The summed E-state index contributed by atoms with van der Waals surface area (Å²) in [7, 11) is 0. The molecule has 90 valence electrons. The van der Waals surface area contributed by atoms with E-state index in [1.165, 1.54) is 0 Å². The number of hydrogen-bond acceptors (Lipinski definition) is 2. The van der Waals surface area contributed by atoms with Gasteiger partial charge in [0, 0.05) is 25.2 Å². The average molecular weight is 214 g/mol. The molecular weight excluding hydrogens is 188 g/mol. The highest BCUT2D eigenvalue weighted by atomic mass is 16.1. The molecule has 0 aliphatic carbocycles. The van der Waals surface area contributed by atoms with Crippen LogP contribution in [0.25, 0.3) is 0 Å². The molecule has 0 spiro atoms. The minimum absolute atomic E-state index is 0.227. The second-order valence-electron chi connectivity index (χ2n) is 3.97. The smallest absolute Gasteiger partial charge is 0.135 e. The molecule has 0 N–H and O–H groups in total. The van der Waals surface area contributed by atoms with Gasteiger partial charge in [-0.2, -0.15) is 0 Å². The van der Waals surface area contributed by atoms with Crippen LogP contribution in [0, 0.1) is 5.92 Å². The Balaban J connectivity index is 0. The van der Waals surface area contributed by atoms with Crippen LogP contribution in [-0.4, -0.2) is 11.6 Å². The summed E-state index contributed by atoms with van der Waals surface area (Å²) >= 11 is 0. The van der Waals surface area contributed by atoms with E-state index in [9.17, 15) is 9.59 Å². The molecule has 0 aliphatic rings. The summed E-state index contributed by atoms with van der Waals surface area (Å²) in [5.74, 6) is 0.969. The molecule has 0 heterocycles. The Labute approximate surface area is 94.4 Å². The number of rotatable bonds is 6. The first-order chi connectivity index (χ1) is 6.99. The van der Waals surface area contributed by atoms with E-state index in [0.717, 1.165) is 19.3 Å². The van der Waals surface area contributed by atoms with Crippen molar-refractivity contribution < 1.29 is 9.59 Å². The van der Waals surface area contributed by atoms with Gasteiger partial charge in [0.1, 0.15) is 11.6 Å². The topological polar surface area (TPSA) is 34.1 Å². The lowest BCUT2D eigenvalue weighted by molar-refractivity contribution is -0.121. The Hall–Kier alpha value is -0.660. The number of carbonyl (C=O) groups is 2. The van der Waals surface area contributed by atoms with Crippen molar-refractivity contribution >= 4 is 11.6 Å². The Morgan fingerprint density at radius 1 is 1.00 bits per heavy atom. The van der Waals surface area contributed by atoms with Gasteiger partial charge in [-0.3, -0.25) is 9.59 Å². The normalized spacial score (nSPS) is 9.47. The quantitative estimate of drug-likeness (QED) is 0.674. The maximum absolute atomic E-state index is 10.6. The zero-order valence-electron chi connectivity index (χ0n) is 10.9. The lowest BCUT2D eigenvalue weighted by Crippen LogP contribution is -2.03. The van der Waals surface area contributed by atoms with E-state index in [0.29, 0.717) is 24.4 Å². The molecule has 0 amide bonds. The van der Waals surface area contributed by atoms with Crippen LogP contribution >= 0.6 is 0 Å². The zero-order chi connectivity index (χ0) is 12.3. The van der Waals surface area contributed by atoms with E-state index in [4.69, 9.17) is 0 Å². The summed E-state index contributed by atoms with van der Waals surface area (Å²) in [4.78, 5) is 21.1. The van der Waals surface area contributed by atoms with Crippen LogP contribution in [0.5, 0.6) is 0 Å². The molecule has 0 radical (unpaired) electrons. The van der Waals surface area contributed by atoms with Gasteiger partial charge in [0.2, 0.25) is 0 Å². The minimum atomic E-state index is 0.227. The third-order valence-corrected chi connectivity index (χ3v) is 2.20. The molecule has 0 saturated heterocycles. The van der Waals surface area contributed by atoms with Crippen LogP contribution in [0.2, 0.25) is 0 Å². The number of unbranched alkanes of at least 4 members (excludes halogenated alkanes) is 1. The van der Waals surface area contributed by atoms with Crippen molar-refractivity contribution in [3.63, 3.8) is 0 Å². The molecular formula is C13H26O2. The largest absolute Gasteiger partial charge is 0.300 e. The summed E-state index contributed by atoms with van der Waals surface area (Å²) in [6, 6.07) is 0. The van der Waals surface area contributed by atoms with Crippen LogP contribution in [0.4, 0.5) is 0 Å². The van der Waals surface area contributed by atoms with Crippen molar-refractivity contribution in [2.75, 3.05) is 0 Å². The van der Waals surface area contributed by atoms with Gasteiger partial charge in [-0.25, -0.2) is 0 Å². The van der Waals surface area contributed by atoms with Crippen LogP contribution in [0.3, 0.4) is 0 Å². The van der Waals surface area contributed by atoms with Crippen molar-refractivity contribution in [3.8, 4) is 0 Å². The van der Waals surface area contributed by atoms with Crippen molar-refractivity contribution in [1.82, 2.24) is 0 Å². The number of carbonyl (C=O) groups excluding carboxylic acids is 2. The molecule has 0 bridgehead atoms. The summed E-state index contributed by atoms with van der Waals surface area (Å²) in [6.07, 6.45) is 4.36. The van der Waals surface area contributed by atoms with Gasteiger partial charge in [0.05, 0.1) is 0 Å². The monoisotopic (exact) mass is 214 g/mol. The molecule has 2 heteroatoms. The maximum atomic E-state index is 10.6. The lowest BCUT2D eigenvalue weighted by Gasteiger charge is -1.96. The van der Waals surface area contributed by atoms with Gasteiger partial charge in [-0.15, -0.1) is 0 Å². The second-order valence-corrected chi connectivity index (χ2v) is 3.97. The Morgan fingerprint density at radius 2 is 1.53 bits per heavy atom. The SMILES string of the molecule is CCC(=O)C(C)C.CCCCC(=O)CC. The van der Waals surface area contributed by atoms with E-state index in [1.807, 2.05) is 27.7 Å². The second kappa shape index (κ2) is 11.4. The van der Waals surface area contributed by atoms with E-state index in [-0.39, 0.29) is 5.92 Å². The Kier molecular flexibility index (Phi) is 12.8. The van der Waals surface area contributed by atoms with Crippen LogP contribution < -0.4 is 0 Å². The molecule has 0 unspecified atom stereocenters. The maximum Gasteiger partial charge on any atom is 0.135 e. The molecule has 0 fully saturated rings. The first-order valence-electron chi connectivity index (χ1n) is 6.03. The molecule has 0 aromatic carbocycles. The number of Topliss-reactive ketones (excluding diaryl/α,β-unsaturated/α-hetero) is 2. The van der Waals surface area contributed by atoms with Gasteiger partial charge < -0.3 is 0 Å². The summed E-state index contributed by atoms with van der Waals surface area (Å²) in [5.41, 5.74) is 0. The van der Waals surface area contributed by atoms with Gasteiger partial charge in [0.25, 0.3) is 0 Å². The summed E-state index contributed by atoms with van der Waals surface area (Å²) < 4.78 is 0. The Morgan fingerprint density at radius 3 is 1.73 bits per heavy atom. The fourth-order valence-corrected chi connectivity index (χ4v) is 0.959. The predicted molar refractivity (Wildman–Crippen MR) is 65.0 cm³/mol. The molecule has 2 nitrogen and oxygen atoms in total. The van der Waals surface area contributed by atoms with Gasteiger partial charge >= 0.3 is 0 Å². The van der Waals surface area contributed by atoms with E-state index < -0.39 is 0 Å². The van der Waals surface area contributed by atoms with Crippen molar-refractivity contribution in [3.05, 3.63) is 0 Å². The number of ketones is 2. The van der Waals surface area contributed by atoms with Crippen LogP contribution in [-0.2, 0) is 9.59 Å². The van der Waals surface area contributed by atoms with Crippen LogP contribution in [0.1, 0.15) is 66.7 Å². The highest BCUT2D eigenvalue weighted by Gasteiger charge is 2.00. The highest BCUT2D eigenvalue weighted by molar-refractivity contribution is 5.79. The van der Waals surface area contributed by atoms with E-state index in [1.54, 1.807) is 0 Å². The third-order valence-electron chi connectivity index (χ3n) is 2.20. The molecule has 0 rings (SSSR count). The lowest BCUT2D eigenvalue weighted by atomic mass is 10.1. The average Bonchev–Trinajstić information content (AvgIpc) is 2.25. The minimum Gasteiger partial charge on any atom is -0.300 e. The van der Waals surface area contributed by atoms with Crippen molar-refractivity contribution in [2.45, 2.75) is 66.7 Å². The van der Waals surface area contributed by atoms with E-state index >= 15 is 0 Å². The molecule has 0 aliphatic heterocycles.